The number of anilines is 1. The van der Waals surface area contributed by atoms with E-state index in [1.165, 1.54) is 28.1 Å². The summed E-state index contributed by atoms with van der Waals surface area (Å²) in [5.41, 5.74) is 0.853. The maximum atomic E-state index is 13.2. The van der Waals surface area contributed by atoms with E-state index in [1.54, 1.807) is 31.4 Å². The second-order valence-corrected chi connectivity index (χ2v) is 12.3. The fourth-order valence-corrected chi connectivity index (χ4v) is 4.07. The molecule has 174 valence electrons. The van der Waals surface area contributed by atoms with Crippen molar-refractivity contribution in [2.75, 3.05) is 31.2 Å². The summed E-state index contributed by atoms with van der Waals surface area (Å²) >= 11 is 0. The van der Waals surface area contributed by atoms with Crippen LogP contribution in [0.1, 0.15) is 11.6 Å². The SMILES string of the molecule is COc1ccc(C(NC(=O)Cn2cnccc2=O)C(=O)Nc2ccc(S(C)(C)C)cc2)cc1. The number of aromatic nitrogens is 2. The van der Waals surface area contributed by atoms with Gasteiger partial charge in [-0.05, 0) is 65.6 Å². The second kappa shape index (κ2) is 10.4. The molecule has 1 aromatic heterocycles. The average molecular weight is 469 g/mol. The Hall–Kier alpha value is -3.59. The molecule has 1 heterocycles. The molecule has 0 aliphatic heterocycles. The van der Waals surface area contributed by atoms with E-state index in [9.17, 15) is 14.4 Å². The number of nitrogens with zero attached hydrogens (tertiary/aromatic N) is 2. The highest BCUT2D eigenvalue weighted by molar-refractivity contribution is 8.32. The predicted octanol–water partition coefficient (Wildman–Crippen LogP) is 2.80. The monoisotopic (exact) mass is 468 g/mol. The van der Waals surface area contributed by atoms with Gasteiger partial charge in [0.1, 0.15) is 18.3 Å². The van der Waals surface area contributed by atoms with E-state index in [0.29, 0.717) is 17.0 Å². The topological polar surface area (TPSA) is 102 Å². The zero-order valence-electron chi connectivity index (χ0n) is 19.1. The first-order valence-corrected chi connectivity index (χ1v) is 13.1. The van der Waals surface area contributed by atoms with Gasteiger partial charge in [0.05, 0.1) is 13.4 Å². The lowest BCUT2D eigenvalue weighted by Crippen LogP contribution is -2.40. The van der Waals surface area contributed by atoms with Gasteiger partial charge in [-0.15, -0.1) is 0 Å². The predicted molar refractivity (Wildman–Crippen MR) is 131 cm³/mol. The average Bonchev–Trinajstić information content (AvgIpc) is 2.79. The molecule has 0 spiro atoms. The van der Waals surface area contributed by atoms with Crippen molar-refractivity contribution in [3.8, 4) is 5.75 Å². The Bertz CT molecular complexity index is 1170. The number of carbonyl (C=O) groups is 2. The van der Waals surface area contributed by atoms with Crippen LogP contribution in [0.15, 0.2) is 76.8 Å². The van der Waals surface area contributed by atoms with Gasteiger partial charge in [-0.2, -0.15) is 0 Å². The smallest absolute Gasteiger partial charge is 0.253 e. The van der Waals surface area contributed by atoms with Gasteiger partial charge >= 0.3 is 0 Å². The van der Waals surface area contributed by atoms with E-state index in [1.807, 2.05) is 24.3 Å². The number of hydrogen-bond acceptors (Lipinski definition) is 5. The summed E-state index contributed by atoms with van der Waals surface area (Å²) < 4.78 is 6.36. The third kappa shape index (κ3) is 6.45. The molecule has 0 saturated carbocycles. The maximum absolute atomic E-state index is 13.2. The molecule has 0 saturated heterocycles. The standard InChI is InChI=1S/C24H28N4O4S/c1-32-19-9-5-17(6-10-19)23(27-21(29)15-28-16-25-14-13-22(28)30)24(31)26-18-7-11-20(12-8-18)33(2,3)4/h5-14,16,23H,15H2,1-4H3,(H,26,31)(H,27,29). The van der Waals surface area contributed by atoms with Crippen molar-refractivity contribution in [1.82, 2.24) is 14.9 Å². The lowest BCUT2D eigenvalue weighted by molar-refractivity contribution is -0.127. The normalized spacial score (nSPS) is 12.5. The van der Waals surface area contributed by atoms with E-state index in [-0.39, 0.29) is 12.1 Å². The number of amides is 2. The summed E-state index contributed by atoms with van der Waals surface area (Å²) in [5.74, 6) is -0.262. The molecule has 2 amide bonds. The first-order chi connectivity index (χ1) is 15.7. The second-order valence-electron chi connectivity index (χ2n) is 8.17. The van der Waals surface area contributed by atoms with Crippen molar-refractivity contribution in [3.63, 3.8) is 0 Å². The van der Waals surface area contributed by atoms with Crippen LogP contribution < -0.4 is 20.9 Å². The first kappa shape index (κ1) is 24.1. The minimum absolute atomic E-state index is 0.254. The molecule has 2 aromatic carbocycles. The van der Waals surface area contributed by atoms with E-state index >= 15 is 0 Å². The highest BCUT2D eigenvalue weighted by atomic mass is 32.3. The molecule has 3 rings (SSSR count). The van der Waals surface area contributed by atoms with Gasteiger partial charge in [-0.1, -0.05) is 12.1 Å². The Balaban J connectivity index is 1.81. The Morgan fingerprint density at radius 1 is 1.03 bits per heavy atom. The number of hydrogen-bond donors (Lipinski definition) is 2. The van der Waals surface area contributed by atoms with E-state index in [4.69, 9.17) is 4.74 Å². The van der Waals surface area contributed by atoms with Crippen molar-refractivity contribution in [2.24, 2.45) is 0 Å². The minimum Gasteiger partial charge on any atom is -0.497 e. The van der Waals surface area contributed by atoms with Crippen molar-refractivity contribution in [1.29, 1.82) is 0 Å². The number of methoxy groups -OCH3 is 1. The van der Waals surface area contributed by atoms with Gasteiger partial charge in [-0.3, -0.25) is 19.0 Å². The van der Waals surface area contributed by atoms with Gasteiger partial charge in [0.25, 0.3) is 11.5 Å². The minimum atomic E-state index is -0.969. The third-order valence-corrected chi connectivity index (χ3v) is 6.64. The van der Waals surface area contributed by atoms with Crippen molar-refractivity contribution >= 4 is 27.5 Å². The lowest BCUT2D eigenvalue weighted by atomic mass is 10.1. The zero-order valence-corrected chi connectivity index (χ0v) is 19.9. The largest absolute Gasteiger partial charge is 0.497 e. The summed E-state index contributed by atoms with van der Waals surface area (Å²) in [6.07, 6.45) is 9.23. The Labute approximate surface area is 194 Å². The molecule has 0 aliphatic rings. The number of rotatable bonds is 8. The van der Waals surface area contributed by atoms with Crippen LogP contribution in [-0.4, -0.2) is 47.2 Å². The zero-order chi connectivity index (χ0) is 24.0. The van der Waals surface area contributed by atoms with E-state index in [0.717, 1.165) is 0 Å². The van der Waals surface area contributed by atoms with Crippen molar-refractivity contribution in [3.05, 3.63) is 83.0 Å². The van der Waals surface area contributed by atoms with Gasteiger partial charge in [0.2, 0.25) is 5.91 Å². The summed E-state index contributed by atoms with van der Waals surface area (Å²) in [6, 6.07) is 14.9. The molecule has 1 unspecified atom stereocenters. The molecule has 0 fully saturated rings. The number of nitrogens with one attached hydrogen (secondary N) is 2. The van der Waals surface area contributed by atoms with Gasteiger partial charge < -0.3 is 15.4 Å². The van der Waals surface area contributed by atoms with Gasteiger partial charge in [0.15, 0.2) is 0 Å². The quantitative estimate of drug-likeness (QED) is 0.529. The summed E-state index contributed by atoms with van der Waals surface area (Å²) in [4.78, 5) is 42.8. The molecule has 0 radical (unpaired) electrons. The van der Waals surface area contributed by atoms with E-state index < -0.39 is 27.9 Å². The van der Waals surface area contributed by atoms with Crippen molar-refractivity contribution in [2.45, 2.75) is 17.5 Å². The van der Waals surface area contributed by atoms with Crippen LogP contribution in [0.2, 0.25) is 0 Å². The van der Waals surface area contributed by atoms with Crippen LogP contribution in [0.4, 0.5) is 5.69 Å². The number of ether oxygens (including phenoxy) is 1. The number of carbonyl (C=O) groups excluding carboxylic acids is 2. The van der Waals surface area contributed by atoms with Gasteiger partial charge in [0, 0.05) is 18.0 Å². The van der Waals surface area contributed by atoms with E-state index in [2.05, 4.69) is 34.4 Å². The molecule has 2 N–H and O–H groups in total. The highest BCUT2D eigenvalue weighted by Crippen LogP contribution is 2.45. The molecule has 1 atom stereocenters. The molecular weight excluding hydrogens is 440 g/mol. The van der Waals surface area contributed by atoms with Crippen molar-refractivity contribution < 1.29 is 14.3 Å². The Morgan fingerprint density at radius 2 is 1.70 bits per heavy atom. The van der Waals surface area contributed by atoms with Crippen LogP contribution >= 0.6 is 10.0 Å². The van der Waals surface area contributed by atoms with Crippen LogP contribution in [0.25, 0.3) is 0 Å². The fourth-order valence-electron chi connectivity index (χ4n) is 3.12. The molecule has 3 aromatic rings. The molecule has 33 heavy (non-hydrogen) atoms. The summed E-state index contributed by atoms with van der Waals surface area (Å²) in [7, 11) is 0.673. The van der Waals surface area contributed by atoms with Crippen LogP contribution in [0.5, 0.6) is 5.75 Å². The van der Waals surface area contributed by atoms with Gasteiger partial charge in [-0.25, -0.2) is 15.0 Å². The van der Waals surface area contributed by atoms with Crippen LogP contribution in [0.3, 0.4) is 0 Å². The first-order valence-electron chi connectivity index (χ1n) is 10.2. The molecule has 0 bridgehead atoms. The Morgan fingerprint density at radius 3 is 2.27 bits per heavy atom. The third-order valence-electron chi connectivity index (χ3n) is 4.95. The molecule has 9 heteroatoms. The number of benzene rings is 2. The molecular formula is C24H28N4O4S. The molecule has 8 nitrogen and oxygen atoms in total. The fraction of sp³-hybridized carbons (Fsp3) is 0.250. The summed E-state index contributed by atoms with van der Waals surface area (Å²) in [6.45, 7) is -0.254. The lowest BCUT2D eigenvalue weighted by Gasteiger charge is -2.26. The summed E-state index contributed by atoms with van der Waals surface area (Å²) in [5, 5.41) is 5.60. The molecule has 0 aliphatic carbocycles. The maximum Gasteiger partial charge on any atom is 0.253 e. The Kier molecular flexibility index (Phi) is 7.55. The highest BCUT2D eigenvalue weighted by Gasteiger charge is 2.23. The van der Waals surface area contributed by atoms with Crippen LogP contribution in [0, 0.1) is 0 Å². The van der Waals surface area contributed by atoms with Crippen LogP contribution in [-0.2, 0) is 16.1 Å².